The molecule has 102 valence electrons. The predicted molar refractivity (Wildman–Crippen MR) is 78.7 cm³/mol. The van der Waals surface area contributed by atoms with Gasteiger partial charge in [0.2, 0.25) is 0 Å². The molecule has 3 aliphatic rings. The van der Waals surface area contributed by atoms with Gasteiger partial charge in [-0.1, -0.05) is 0 Å². The Morgan fingerprint density at radius 2 is 1.11 bits per heavy atom. The van der Waals surface area contributed by atoms with Crippen LogP contribution in [0.4, 0.5) is 0 Å². The van der Waals surface area contributed by atoms with E-state index in [1.165, 1.54) is 86.3 Å². The van der Waals surface area contributed by atoms with E-state index >= 15 is 0 Å². The molecule has 0 aromatic carbocycles. The predicted octanol–water partition coefficient (Wildman–Crippen LogP) is 3.55. The standard InChI is InChI=1S/C12H24N4P2/c1-2-8-14(7-1)17-13-18(15-9-3-4-10-15)16-11-5-6-12-16/h1-12H2. The fourth-order valence-corrected chi connectivity index (χ4v) is 6.68. The zero-order valence-electron chi connectivity index (χ0n) is 11.2. The molecule has 3 heterocycles. The maximum absolute atomic E-state index is 5.08. The van der Waals surface area contributed by atoms with Gasteiger partial charge in [-0.2, -0.15) is 4.52 Å². The maximum Gasteiger partial charge on any atom is 0.175 e. The molecule has 0 spiro atoms. The van der Waals surface area contributed by atoms with Crippen molar-refractivity contribution in [3.63, 3.8) is 0 Å². The Balaban J connectivity index is 1.63. The quantitative estimate of drug-likeness (QED) is 0.738. The van der Waals surface area contributed by atoms with Crippen LogP contribution in [0, 0.1) is 0 Å². The molecule has 3 fully saturated rings. The molecule has 18 heavy (non-hydrogen) atoms. The summed E-state index contributed by atoms with van der Waals surface area (Å²) in [6.07, 6.45) is 8.25. The highest BCUT2D eigenvalue weighted by Gasteiger charge is 2.29. The highest BCUT2D eigenvalue weighted by atomic mass is 31.2. The van der Waals surface area contributed by atoms with Crippen LogP contribution in [0.5, 0.6) is 0 Å². The summed E-state index contributed by atoms with van der Waals surface area (Å²) in [5.74, 6) is 0. The van der Waals surface area contributed by atoms with Crippen molar-refractivity contribution in [3.05, 3.63) is 0 Å². The van der Waals surface area contributed by atoms with Crippen molar-refractivity contribution >= 4 is 16.9 Å². The molecule has 3 rings (SSSR count). The van der Waals surface area contributed by atoms with Crippen LogP contribution in [0.25, 0.3) is 0 Å². The SMILES string of the molecule is C1CCN(P=NP(N2CCCC2)N2CCCC2)C1. The third kappa shape index (κ3) is 3.29. The first-order valence-electron chi connectivity index (χ1n) is 7.40. The van der Waals surface area contributed by atoms with E-state index in [1.54, 1.807) is 0 Å². The summed E-state index contributed by atoms with van der Waals surface area (Å²) in [6, 6.07) is 0. The second-order valence-electron chi connectivity index (χ2n) is 5.43. The minimum absolute atomic E-state index is 0.341. The maximum atomic E-state index is 5.08. The summed E-state index contributed by atoms with van der Waals surface area (Å²) < 4.78 is 12.9. The number of hydrogen-bond acceptors (Lipinski definition) is 3. The monoisotopic (exact) mass is 286 g/mol. The lowest BCUT2D eigenvalue weighted by molar-refractivity contribution is 0.475. The van der Waals surface area contributed by atoms with Crippen molar-refractivity contribution in [1.29, 1.82) is 0 Å². The Labute approximate surface area is 114 Å². The Kier molecular flexibility index (Phi) is 5.00. The van der Waals surface area contributed by atoms with Crippen molar-refractivity contribution in [2.75, 3.05) is 39.3 Å². The van der Waals surface area contributed by atoms with Gasteiger partial charge < -0.3 is 0 Å². The molecule has 0 radical (unpaired) electrons. The molecule has 0 aliphatic carbocycles. The van der Waals surface area contributed by atoms with Crippen molar-refractivity contribution in [3.8, 4) is 0 Å². The molecule has 0 aromatic heterocycles. The van der Waals surface area contributed by atoms with Crippen LogP contribution in [0.15, 0.2) is 4.52 Å². The minimum atomic E-state index is -0.341. The lowest BCUT2D eigenvalue weighted by atomic mass is 10.4. The van der Waals surface area contributed by atoms with Crippen molar-refractivity contribution in [2.24, 2.45) is 4.52 Å². The molecule has 0 saturated carbocycles. The van der Waals surface area contributed by atoms with Gasteiger partial charge in [0, 0.05) is 39.3 Å². The van der Waals surface area contributed by atoms with Gasteiger partial charge >= 0.3 is 0 Å². The Bertz CT molecular complexity index is 266. The van der Waals surface area contributed by atoms with Gasteiger partial charge in [-0.3, -0.25) is 9.34 Å². The largest absolute Gasteiger partial charge is 0.251 e. The number of nitrogens with zero attached hydrogens (tertiary/aromatic N) is 4. The van der Waals surface area contributed by atoms with Gasteiger partial charge in [-0.15, -0.1) is 0 Å². The Morgan fingerprint density at radius 3 is 1.61 bits per heavy atom. The van der Waals surface area contributed by atoms with Gasteiger partial charge in [0.25, 0.3) is 0 Å². The van der Waals surface area contributed by atoms with E-state index in [1.807, 2.05) is 0 Å². The van der Waals surface area contributed by atoms with Gasteiger partial charge in [0.1, 0.15) is 8.52 Å². The molecule has 0 aromatic rings. The van der Waals surface area contributed by atoms with Crippen molar-refractivity contribution in [2.45, 2.75) is 38.5 Å². The van der Waals surface area contributed by atoms with Gasteiger partial charge in [0.15, 0.2) is 8.37 Å². The zero-order chi connectivity index (χ0) is 12.2. The lowest BCUT2D eigenvalue weighted by Gasteiger charge is -2.30. The highest BCUT2D eigenvalue weighted by Crippen LogP contribution is 2.51. The molecule has 0 amide bonds. The summed E-state index contributed by atoms with van der Waals surface area (Å²) >= 11 is 0. The van der Waals surface area contributed by atoms with E-state index in [0.717, 1.165) is 0 Å². The third-order valence-corrected chi connectivity index (χ3v) is 7.42. The minimum Gasteiger partial charge on any atom is -0.251 e. The van der Waals surface area contributed by atoms with E-state index in [2.05, 4.69) is 14.0 Å². The molecule has 0 N–H and O–H groups in total. The molecule has 6 heteroatoms. The molecular formula is C12H24N4P2. The van der Waals surface area contributed by atoms with E-state index in [0.29, 0.717) is 0 Å². The van der Waals surface area contributed by atoms with E-state index < -0.39 is 0 Å². The van der Waals surface area contributed by atoms with E-state index in [4.69, 9.17) is 4.52 Å². The van der Waals surface area contributed by atoms with Crippen molar-refractivity contribution in [1.82, 2.24) is 14.0 Å². The Morgan fingerprint density at radius 1 is 0.667 bits per heavy atom. The third-order valence-electron chi connectivity index (χ3n) is 4.00. The molecule has 0 atom stereocenters. The fraction of sp³-hybridized carbons (Fsp3) is 1.00. The van der Waals surface area contributed by atoms with Crippen LogP contribution in [-0.4, -0.2) is 53.3 Å². The first kappa shape index (κ1) is 13.4. The Hall–Kier alpha value is 0.410. The van der Waals surface area contributed by atoms with Crippen molar-refractivity contribution < 1.29 is 0 Å². The van der Waals surface area contributed by atoms with Crippen LogP contribution in [0.1, 0.15) is 38.5 Å². The molecule has 0 unspecified atom stereocenters. The molecular weight excluding hydrogens is 262 g/mol. The lowest BCUT2D eigenvalue weighted by Crippen LogP contribution is -2.23. The molecule has 4 nitrogen and oxygen atoms in total. The summed E-state index contributed by atoms with van der Waals surface area (Å²) in [5, 5.41) is 0. The fourth-order valence-electron chi connectivity index (χ4n) is 2.93. The zero-order valence-corrected chi connectivity index (χ0v) is 13.0. The molecule has 3 aliphatic heterocycles. The summed E-state index contributed by atoms with van der Waals surface area (Å²) in [4.78, 5) is 0. The topological polar surface area (TPSA) is 22.1 Å². The first-order valence-corrected chi connectivity index (χ1v) is 9.40. The summed E-state index contributed by atoms with van der Waals surface area (Å²) in [5.41, 5.74) is 0. The summed E-state index contributed by atoms with van der Waals surface area (Å²) in [6.45, 7) is 7.63. The second-order valence-corrected chi connectivity index (χ2v) is 8.56. The van der Waals surface area contributed by atoms with Crippen LogP contribution in [0.3, 0.4) is 0 Å². The smallest absolute Gasteiger partial charge is 0.175 e. The van der Waals surface area contributed by atoms with Crippen LogP contribution in [-0.2, 0) is 0 Å². The molecule has 0 bridgehead atoms. The molecule has 3 saturated heterocycles. The van der Waals surface area contributed by atoms with E-state index in [-0.39, 0.29) is 8.37 Å². The van der Waals surface area contributed by atoms with Gasteiger partial charge in [-0.25, -0.2) is 4.67 Å². The average molecular weight is 286 g/mol. The van der Waals surface area contributed by atoms with Crippen LogP contribution in [0.2, 0.25) is 0 Å². The number of rotatable bonds is 4. The summed E-state index contributed by atoms with van der Waals surface area (Å²) in [7, 11) is 0.905. The van der Waals surface area contributed by atoms with Gasteiger partial charge in [0.05, 0.1) is 0 Å². The first-order chi connectivity index (χ1) is 8.93. The van der Waals surface area contributed by atoms with E-state index in [9.17, 15) is 0 Å². The van der Waals surface area contributed by atoms with Crippen LogP contribution < -0.4 is 0 Å². The average Bonchev–Trinajstić information content (AvgIpc) is 3.14. The second kappa shape index (κ2) is 6.72. The number of hydrogen-bond donors (Lipinski definition) is 0. The highest BCUT2D eigenvalue weighted by molar-refractivity contribution is 7.55. The van der Waals surface area contributed by atoms with Crippen LogP contribution >= 0.6 is 16.9 Å². The van der Waals surface area contributed by atoms with Gasteiger partial charge in [-0.05, 0) is 38.5 Å². The normalized spacial score (nSPS) is 28.3.